The van der Waals surface area contributed by atoms with Gasteiger partial charge in [-0.05, 0) is 73.3 Å². The second kappa shape index (κ2) is 10.9. The van der Waals surface area contributed by atoms with E-state index in [9.17, 15) is 4.79 Å². The van der Waals surface area contributed by atoms with Crippen molar-refractivity contribution in [2.24, 2.45) is 0 Å². The molecule has 3 aromatic rings. The molecule has 6 rings (SSSR count). The Morgan fingerprint density at radius 3 is 2.79 bits per heavy atom. The first-order valence-corrected chi connectivity index (χ1v) is 13.9. The Morgan fingerprint density at radius 1 is 1.21 bits per heavy atom. The van der Waals surface area contributed by atoms with Crippen LogP contribution in [-0.2, 0) is 22.6 Å². The van der Waals surface area contributed by atoms with Gasteiger partial charge in [0, 0.05) is 31.1 Å². The molecule has 0 radical (unpaired) electrons. The largest absolute Gasteiger partial charge is 0.462 e. The van der Waals surface area contributed by atoms with Crippen molar-refractivity contribution in [3.8, 4) is 6.01 Å². The minimum Gasteiger partial charge on any atom is -0.462 e. The van der Waals surface area contributed by atoms with Gasteiger partial charge in [-0.25, -0.2) is 0 Å². The Bertz CT molecular complexity index is 1440. The minimum atomic E-state index is -0.0973. The number of carbonyl (C=O) groups is 1. The van der Waals surface area contributed by atoms with Crippen molar-refractivity contribution < 1.29 is 14.3 Å². The number of nitrogens with zero attached hydrogens (tertiary/aromatic N) is 4. The number of amides is 1. The van der Waals surface area contributed by atoms with Gasteiger partial charge >= 0.3 is 6.01 Å². The van der Waals surface area contributed by atoms with E-state index >= 15 is 0 Å². The number of fused-ring (bicyclic) bond motifs is 2. The van der Waals surface area contributed by atoms with E-state index in [1.165, 1.54) is 34.4 Å². The fraction of sp³-hybridized carbons (Fsp3) is 0.406. The van der Waals surface area contributed by atoms with E-state index in [0.717, 1.165) is 41.9 Å². The van der Waals surface area contributed by atoms with Crippen molar-refractivity contribution in [3.05, 3.63) is 83.2 Å². The van der Waals surface area contributed by atoms with Crippen LogP contribution in [0, 0.1) is 6.92 Å². The van der Waals surface area contributed by atoms with Crippen LogP contribution in [0.3, 0.4) is 0 Å². The molecule has 3 aliphatic heterocycles. The Hall–Kier alpha value is -3.55. The predicted molar refractivity (Wildman–Crippen MR) is 152 cm³/mol. The quantitative estimate of drug-likeness (QED) is 0.422. The second-order valence-electron chi connectivity index (χ2n) is 10.9. The van der Waals surface area contributed by atoms with Gasteiger partial charge in [-0.15, -0.1) is 0 Å². The normalized spacial score (nSPS) is 21.5. The van der Waals surface area contributed by atoms with Crippen molar-refractivity contribution >= 4 is 22.3 Å². The van der Waals surface area contributed by atoms with Crippen molar-refractivity contribution in [1.29, 1.82) is 0 Å². The van der Waals surface area contributed by atoms with Crippen LogP contribution in [0.25, 0.3) is 16.3 Å². The predicted octanol–water partition coefficient (Wildman–Crippen LogP) is 5.03. The van der Waals surface area contributed by atoms with Gasteiger partial charge in [0.05, 0.1) is 24.1 Å². The van der Waals surface area contributed by atoms with Gasteiger partial charge in [-0.2, -0.15) is 9.97 Å². The number of carbonyl (C=O) groups excluding carboxylic acids is 1. The fourth-order valence-electron chi connectivity index (χ4n) is 6.18. The van der Waals surface area contributed by atoms with E-state index < -0.39 is 0 Å². The first-order valence-electron chi connectivity index (χ1n) is 13.9. The lowest BCUT2D eigenvalue weighted by molar-refractivity contribution is -0.125. The zero-order valence-electron chi connectivity index (χ0n) is 22.9. The molecule has 2 atom stereocenters. The molecule has 1 unspecified atom stereocenters. The Kier molecular flexibility index (Phi) is 7.19. The van der Waals surface area contributed by atoms with Crippen LogP contribution in [0.4, 0.5) is 0 Å². The molecule has 1 fully saturated rings. The first kappa shape index (κ1) is 25.7. The summed E-state index contributed by atoms with van der Waals surface area (Å²) in [7, 11) is 2.15. The third kappa shape index (κ3) is 5.09. The average molecular weight is 525 g/mol. The first-order chi connectivity index (χ1) is 19.0. The van der Waals surface area contributed by atoms with Crippen LogP contribution in [0.1, 0.15) is 53.4 Å². The van der Waals surface area contributed by atoms with Gasteiger partial charge in [0.15, 0.2) is 0 Å². The summed E-state index contributed by atoms with van der Waals surface area (Å²) >= 11 is 0. The van der Waals surface area contributed by atoms with Gasteiger partial charge < -0.3 is 19.3 Å². The van der Waals surface area contributed by atoms with Crippen molar-refractivity contribution in [1.82, 2.24) is 19.8 Å². The molecule has 0 N–H and O–H groups in total. The second-order valence-corrected chi connectivity index (χ2v) is 10.9. The monoisotopic (exact) mass is 524 g/mol. The van der Waals surface area contributed by atoms with Crippen molar-refractivity contribution in [3.63, 3.8) is 0 Å². The van der Waals surface area contributed by atoms with E-state index in [1.807, 2.05) is 0 Å². The summed E-state index contributed by atoms with van der Waals surface area (Å²) in [6.45, 7) is 9.08. The number of likely N-dealkylation sites (tertiary alicyclic amines) is 1. The summed E-state index contributed by atoms with van der Waals surface area (Å²) in [6, 6.07) is 13.7. The zero-order valence-corrected chi connectivity index (χ0v) is 22.9. The molecule has 0 spiro atoms. The average Bonchev–Trinajstić information content (AvgIpc) is 3.39. The van der Waals surface area contributed by atoms with Crippen molar-refractivity contribution in [2.75, 3.05) is 33.3 Å². The van der Waals surface area contributed by atoms with Crippen LogP contribution in [0.15, 0.2) is 55.1 Å². The summed E-state index contributed by atoms with van der Waals surface area (Å²) in [5, 5.41) is 2.48. The summed E-state index contributed by atoms with van der Waals surface area (Å²) in [5.41, 5.74) is 6.48. The van der Waals surface area contributed by atoms with Gasteiger partial charge in [0.25, 0.3) is 0 Å². The molecule has 2 aromatic carbocycles. The maximum atomic E-state index is 12.1. The van der Waals surface area contributed by atoms with Gasteiger partial charge in [0.1, 0.15) is 6.61 Å². The molecule has 4 heterocycles. The van der Waals surface area contributed by atoms with E-state index in [0.29, 0.717) is 44.8 Å². The molecular weight excluding hydrogens is 488 g/mol. The Labute approximate surface area is 230 Å². The van der Waals surface area contributed by atoms with Gasteiger partial charge in [0.2, 0.25) is 5.91 Å². The fourth-order valence-corrected chi connectivity index (χ4v) is 6.18. The lowest BCUT2D eigenvalue weighted by atomic mass is 9.91. The smallest absolute Gasteiger partial charge is 0.317 e. The highest BCUT2D eigenvalue weighted by atomic mass is 16.5. The van der Waals surface area contributed by atoms with Crippen LogP contribution in [0.2, 0.25) is 0 Å². The number of aryl methyl sites for hydroxylation is 1. The number of likely N-dealkylation sites (N-methyl/N-ethyl adjacent to an activating group) is 1. The highest BCUT2D eigenvalue weighted by molar-refractivity contribution is 5.89. The molecule has 0 saturated carbocycles. The number of ether oxygens (including phenoxy) is 2. The topological polar surface area (TPSA) is 67.8 Å². The minimum absolute atomic E-state index is 0.0451. The molecule has 7 heteroatoms. The molecule has 1 aromatic heterocycles. The molecule has 202 valence electrons. The van der Waals surface area contributed by atoms with Crippen LogP contribution < -0.4 is 4.74 Å². The summed E-state index contributed by atoms with van der Waals surface area (Å²) in [4.78, 5) is 26.2. The molecule has 1 saturated heterocycles. The van der Waals surface area contributed by atoms with Crippen molar-refractivity contribution in [2.45, 2.75) is 51.4 Å². The summed E-state index contributed by atoms with van der Waals surface area (Å²) < 4.78 is 12.8. The lowest BCUT2D eigenvalue weighted by Crippen LogP contribution is -2.33. The maximum Gasteiger partial charge on any atom is 0.317 e. The van der Waals surface area contributed by atoms with Crippen LogP contribution >= 0.6 is 0 Å². The third-order valence-electron chi connectivity index (χ3n) is 8.45. The number of benzene rings is 2. The Balaban J connectivity index is 1.34. The summed E-state index contributed by atoms with van der Waals surface area (Å²) in [6.07, 6.45) is 7.08. The maximum absolute atomic E-state index is 12.1. The highest BCUT2D eigenvalue weighted by Crippen LogP contribution is 2.38. The number of rotatable bonds is 6. The van der Waals surface area contributed by atoms with E-state index in [2.05, 4.69) is 67.9 Å². The van der Waals surface area contributed by atoms with Crippen LogP contribution in [-0.4, -0.2) is 65.0 Å². The van der Waals surface area contributed by atoms with Gasteiger partial charge in [-0.3, -0.25) is 4.79 Å². The molecule has 7 nitrogen and oxygen atoms in total. The molecule has 39 heavy (non-hydrogen) atoms. The lowest BCUT2D eigenvalue weighted by Gasteiger charge is -2.30. The number of hydrogen-bond acceptors (Lipinski definition) is 6. The molecule has 0 bridgehead atoms. The third-order valence-corrected chi connectivity index (χ3v) is 8.45. The highest BCUT2D eigenvalue weighted by Gasteiger charge is 2.30. The Morgan fingerprint density at radius 2 is 2.05 bits per heavy atom. The molecular formula is C32H36N4O3. The van der Waals surface area contributed by atoms with E-state index in [-0.39, 0.29) is 12.0 Å². The standard InChI is InChI=1S/C32H36N4O3/c1-4-29(37)36-16-13-23(14-17-36)31-26-20-38-28(25-12-6-10-22-9-5-8-21(2)30(22)25)18-27(26)33-32(34-31)39-19-24-11-7-15-35(24)3/h4-6,8-10,12-13,24,28H,1,7,11,14-20H2,2-3H3/t24-,28?/m0/s1. The molecule has 0 aliphatic carbocycles. The molecule has 1 amide bonds. The number of hydrogen-bond donors (Lipinski definition) is 0. The van der Waals surface area contributed by atoms with Gasteiger partial charge in [-0.1, -0.05) is 49.1 Å². The SMILES string of the molecule is C=CC(=O)N1CC=C(c2nc(OC[C@@H]3CCCN3C)nc3c2COC(c2cccc4cccc(C)c24)C3)CC1. The molecule has 3 aliphatic rings. The summed E-state index contributed by atoms with van der Waals surface area (Å²) in [5.74, 6) is -0.0451. The van der Waals surface area contributed by atoms with E-state index in [1.54, 1.807) is 4.90 Å². The number of aromatic nitrogens is 2. The zero-order chi connectivity index (χ0) is 26.9. The van der Waals surface area contributed by atoms with E-state index in [4.69, 9.17) is 19.4 Å². The van der Waals surface area contributed by atoms with Crippen LogP contribution in [0.5, 0.6) is 6.01 Å².